The average Bonchev–Trinajstić information content (AvgIpc) is 2.53. The minimum atomic E-state index is 1.32. The average molecular weight is 250 g/mol. The standard InChI is InChI=1S/C7H8.2C5H5N/c1-7-5-3-2-4-6-7;2*1-2-4-6-5-3-1/h2-6H,1H3;2*1-5H. The van der Waals surface area contributed by atoms with Crippen LogP contribution in [0.25, 0.3) is 0 Å². The Bertz CT molecular complexity index is 410. The van der Waals surface area contributed by atoms with Crippen LogP contribution in [0.3, 0.4) is 0 Å². The van der Waals surface area contributed by atoms with E-state index in [1.165, 1.54) is 5.56 Å². The predicted octanol–water partition coefficient (Wildman–Crippen LogP) is 4.16. The van der Waals surface area contributed by atoms with Crippen LogP contribution in [-0.2, 0) is 0 Å². The Kier molecular flexibility index (Phi) is 8.18. The summed E-state index contributed by atoms with van der Waals surface area (Å²) in [7, 11) is 0. The van der Waals surface area contributed by atoms with E-state index in [0.717, 1.165) is 0 Å². The summed E-state index contributed by atoms with van der Waals surface area (Å²) < 4.78 is 0. The van der Waals surface area contributed by atoms with Gasteiger partial charge in [0.1, 0.15) is 0 Å². The molecule has 0 atom stereocenters. The van der Waals surface area contributed by atoms with Crippen molar-refractivity contribution in [3.8, 4) is 0 Å². The van der Waals surface area contributed by atoms with Crippen LogP contribution in [0.4, 0.5) is 0 Å². The molecule has 0 saturated carbocycles. The van der Waals surface area contributed by atoms with Crippen LogP contribution in [-0.4, -0.2) is 9.97 Å². The molecule has 0 amide bonds. The van der Waals surface area contributed by atoms with Crippen molar-refractivity contribution in [2.75, 3.05) is 0 Å². The van der Waals surface area contributed by atoms with E-state index in [-0.39, 0.29) is 0 Å². The Morgan fingerprint density at radius 3 is 1.05 bits per heavy atom. The molecular weight excluding hydrogens is 232 g/mol. The Hall–Kier alpha value is -2.48. The van der Waals surface area contributed by atoms with E-state index >= 15 is 0 Å². The van der Waals surface area contributed by atoms with E-state index in [2.05, 4.69) is 29.0 Å². The lowest BCUT2D eigenvalue weighted by molar-refractivity contribution is 1.33. The molecule has 2 heterocycles. The molecule has 0 aliphatic heterocycles. The highest BCUT2D eigenvalue weighted by Gasteiger charge is 1.72. The number of rotatable bonds is 0. The van der Waals surface area contributed by atoms with Gasteiger partial charge >= 0.3 is 0 Å². The van der Waals surface area contributed by atoms with Gasteiger partial charge < -0.3 is 0 Å². The normalized spacial score (nSPS) is 8.26. The van der Waals surface area contributed by atoms with Crippen LogP contribution in [0.5, 0.6) is 0 Å². The van der Waals surface area contributed by atoms with Gasteiger partial charge in [-0.15, -0.1) is 0 Å². The lowest BCUT2D eigenvalue weighted by atomic mass is 10.2. The van der Waals surface area contributed by atoms with Crippen LogP contribution in [0.15, 0.2) is 91.5 Å². The van der Waals surface area contributed by atoms with Crippen molar-refractivity contribution in [2.24, 2.45) is 0 Å². The molecule has 0 aliphatic rings. The number of hydrogen-bond donors (Lipinski definition) is 0. The smallest absolute Gasteiger partial charge is 0.0267 e. The lowest BCUT2D eigenvalue weighted by Gasteiger charge is -1.82. The molecule has 2 nitrogen and oxygen atoms in total. The number of aromatic nitrogens is 2. The first kappa shape index (κ1) is 14.6. The molecule has 96 valence electrons. The largest absolute Gasteiger partial charge is 0.265 e. The van der Waals surface area contributed by atoms with Crippen molar-refractivity contribution >= 4 is 0 Å². The summed E-state index contributed by atoms with van der Waals surface area (Å²) in [5.41, 5.74) is 1.32. The van der Waals surface area contributed by atoms with Crippen LogP contribution in [0.1, 0.15) is 5.56 Å². The van der Waals surface area contributed by atoms with Gasteiger partial charge in [-0.2, -0.15) is 0 Å². The molecule has 0 N–H and O–H groups in total. The monoisotopic (exact) mass is 250 g/mol. The number of nitrogens with zero attached hydrogens (tertiary/aromatic N) is 2. The summed E-state index contributed by atoms with van der Waals surface area (Å²) in [6.07, 6.45) is 7.00. The van der Waals surface area contributed by atoms with E-state index < -0.39 is 0 Å². The maximum Gasteiger partial charge on any atom is 0.0267 e. The third-order valence-electron chi connectivity index (χ3n) is 2.07. The van der Waals surface area contributed by atoms with Crippen LogP contribution in [0, 0.1) is 6.92 Å². The molecule has 0 unspecified atom stereocenters. The molecule has 2 heteroatoms. The summed E-state index contributed by atoms with van der Waals surface area (Å²) in [5.74, 6) is 0. The zero-order valence-corrected chi connectivity index (χ0v) is 11.1. The third kappa shape index (κ3) is 9.24. The minimum absolute atomic E-state index is 1.32. The van der Waals surface area contributed by atoms with Crippen LogP contribution >= 0.6 is 0 Å². The summed E-state index contributed by atoms with van der Waals surface area (Å²) in [4.78, 5) is 7.57. The van der Waals surface area contributed by atoms with Gasteiger partial charge in [-0.1, -0.05) is 48.0 Å². The molecule has 3 rings (SSSR count). The summed E-state index contributed by atoms with van der Waals surface area (Å²) in [6.45, 7) is 2.08. The Labute approximate surface area is 114 Å². The Morgan fingerprint density at radius 2 is 0.895 bits per heavy atom. The second-order valence-electron chi connectivity index (χ2n) is 3.70. The van der Waals surface area contributed by atoms with Gasteiger partial charge in [-0.3, -0.25) is 9.97 Å². The molecule has 19 heavy (non-hydrogen) atoms. The fourth-order valence-corrected chi connectivity index (χ4v) is 1.16. The molecule has 0 bridgehead atoms. The van der Waals surface area contributed by atoms with Crippen molar-refractivity contribution in [3.05, 3.63) is 97.1 Å². The first-order valence-electron chi connectivity index (χ1n) is 6.11. The van der Waals surface area contributed by atoms with E-state index in [1.54, 1.807) is 24.8 Å². The van der Waals surface area contributed by atoms with Gasteiger partial charge in [0.15, 0.2) is 0 Å². The molecule has 2 aromatic heterocycles. The highest BCUT2D eigenvalue weighted by Crippen LogP contribution is 1.92. The van der Waals surface area contributed by atoms with Crippen molar-refractivity contribution in [1.29, 1.82) is 0 Å². The molecule has 0 aliphatic carbocycles. The number of pyridine rings is 2. The summed E-state index contributed by atoms with van der Waals surface area (Å²) in [6, 6.07) is 21.7. The summed E-state index contributed by atoms with van der Waals surface area (Å²) in [5, 5.41) is 0. The zero-order valence-electron chi connectivity index (χ0n) is 11.1. The maximum absolute atomic E-state index is 3.78. The van der Waals surface area contributed by atoms with Crippen LogP contribution < -0.4 is 0 Å². The van der Waals surface area contributed by atoms with Gasteiger partial charge in [0.25, 0.3) is 0 Å². The highest BCUT2D eigenvalue weighted by molar-refractivity contribution is 5.11. The second kappa shape index (κ2) is 10.7. The van der Waals surface area contributed by atoms with Crippen molar-refractivity contribution in [2.45, 2.75) is 6.92 Å². The van der Waals surface area contributed by atoms with Crippen LogP contribution in [0.2, 0.25) is 0 Å². The number of aryl methyl sites for hydroxylation is 1. The van der Waals surface area contributed by atoms with Crippen molar-refractivity contribution in [1.82, 2.24) is 9.97 Å². The predicted molar refractivity (Wildman–Crippen MR) is 79.7 cm³/mol. The second-order valence-corrected chi connectivity index (χ2v) is 3.70. The Morgan fingerprint density at radius 1 is 0.526 bits per heavy atom. The molecular formula is C17H18N2. The molecule has 0 saturated heterocycles. The van der Waals surface area contributed by atoms with Gasteiger partial charge in [-0.05, 0) is 31.2 Å². The fraction of sp³-hybridized carbons (Fsp3) is 0.0588. The van der Waals surface area contributed by atoms with Gasteiger partial charge in [0, 0.05) is 24.8 Å². The number of benzene rings is 1. The zero-order chi connectivity index (χ0) is 13.6. The van der Waals surface area contributed by atoms with E-state index in [1.807, 2.05) is 54.6 Å². The molecule has 0 spiro atoms. The van der Waals surface area contributed by atoms with Gasteiger partial charge in [0.05, 0.1) is 0 Å². The molecule has 0 fully saturated rings. The fourth-order valence-electron chi connectivity index (χ4n) is 1.16. The topological polar surface area (TPSA) is 25.8 Å². The molecule has 3 aromatic rings. The first-order valence-corrected chi connectivity index (χ1v) is 6.11. The third-order valence-corrected chi connectivity index (χ3v) is 2.07. The minimum Gasteiger partial charge on any atom is -0.265 e. The van der Waals surface area contributed by atoms with E-state index in [9.17, 15) is 0 Å². The van der Waals surface area contributed by atoms with E-state index in [4.69, 9.17) is 0 Å². The SMILES string of the molecule is Cc1ccccc1.c1ccncc1.c1ccncc1. The molecule has 0 radical (unpaired) electrons. The Balaban J connectivity index is 0.000000143. The maximum atomic E-state index is 3.78. The van der Waals surface area contributed by atoms with Gasteiger partial charge in [-0.25, -0.2) is 0 Å². The molecule has 1 aromatic carbocycles. The van der Waals surface area contributed by atoms with Crippen molar-refractivity contribution in [3.63, 3.8) is 0 Å². The van der Waals surface area contributed by atoms with Gasteiger partial charge in [0.2, 0.25) is 0 Å². The number of hydrogen-bond acceptors (Lipinski definition) is 2. The lowest BCUT2D eigenvalue weighted by Crippen LogP contribution is -1.62. The van der Waals surface area contributed by atoms with E-state index in [0.29, 0.717) is 0 Å². The van der Waals surface area contributed by atoms with Crippen molar-refractivity contribution < 1.29 is 0 Å². The summed E-state index contributed by atoms with van der Waals surface area (Å²) >= 11 is 0. The quantitative estimate of drug-likeness (QED) is 0.598. The highest BCUT2D eigenvalue weighted by atomic mass is 14.6. The first-order chi connectivity index (χ1) is 9.39.